The zero-order valence-corrected chi connectivity index (χ0v) is 66.3. The molecule has 10 heterocycles. The molecule has 0 saturated carbocycles. The monoisotopic (exact) mass is 1570 g/mol. The summed E-state index contributed by atoms with van der Waals surface area (Å²) >= 11 is 0. The minimum atomic E-state index is 0.687. The van der Waals surface area contributed by atoms with E-state index in [0.717, 1.165) is 112 Å². The lowest BCUT2D eigenvalue weighted by Crippen LogP contribution is -2.02. The van der Waals surface area contributed by atoms with E-state index in [1.54, 1.807) is 12.4 Å². The fourth-order valence-electron chi connectivity index (χ4n) is 18.8. The van der Waals surface area contributed by atoms with E-state index < -0.39 is 0 Å². The third kappa shape index (κ3) is 11.8. The van der Waals surface area contributed by atoms with Crippen LogP contribution in [0.1, 0.15) is 0 Å². The molecule has 0 unspecified atom stereocenters. The number of fused-ring (bicyclic) bond motifs is 19. The molecule has 25 aromatic rings. The van der Waals surface area contributed by atoms with Crippen molar-refractivity contribution < 1.29 is 0 Å². The molecule has 574 valence electrons. The van der Waals surface area contributed by atoms with E-state index in [4.69, 9.17) is 19.9 Å². The summed E-state index contributed by atoms with van der Waals surface area (Å²) in [6, 6.07) is 131. The summed E-state index contributed by atoms with van der Waals surface area (Å²) in [4.78, 5) is 33.1. The summed E-state index contributed by atoms with van der Waals surface area (Å²) in [6.45, 7) is 0. The van der Waals surface area contributed by atoms with Crippen molar-refractivity contribution in [2.45, 2.75) is 0 Å². The minimum Gasteiger partial charge on any atom is -0.308 e. The van der Waals surface area contributed by atoms with Gasteiger partial charge < -0.3 is 8.97 Å². The molecule has 0 spiro atoms. The fourth-order valence-corrected chi connectivity index (χ4v) is 18.8. The Morgan fingerprint density at radius 3 is 1.10 bits per heavy atom. The lowest BCUT2D eigenvalue weighted by Gasteiger charge is -2.17. The third-order valence-corrected chi connectivity index (χ3v) is 24.3. The highest BCUT2D eigenvalue weighted by Gasteiger charge is 2.31. The number of aromatic nitrogens is 12. The first kappa shape index (κ1) is 70.4. The molecular weight excluding hydrogens is 1500 g/mol. The number of imidazole rings is 3. The number of pyridine rings is 3. The summed E-state index contributed by atoms with van der Waals surface area (Å²) in [5.41, 5.74) is 26.0. The molecule has 12 heteroatoms. The van der Waals surface area contributed by atoms with Crippen LogP contribution in [0.15, 0.2) is 426 Å². The number of rotatable bonds is 12. The van der Waals surface area contributed by atoms with E-state index in [1.165, 1.54) is 103 Å². The summed E-state index contributed by atoms with van der Waals surface area (Å²) in [6.07, 6.45) is 19.4. The predicted octanol–water partition coefficient (Wildman–Crippen LogP) is 27.4. The number of benzene rings is 15. The Morgan fingerprint density at radius 1 is 0.220 bits per heavy atom. The molecule has 0 aliphatic carbocycles. The van der Waals surface area contributed by atoms with Gasteiger partial charge in [0.05, 0.1) is 45.2 Å². The highest BCUT2D eigenvalue weighted by atomic mass is 15.1. The highest BCUT2D eigenvalue weighted by Crippen LogP contribution is 2.54. The Hall–Kier alpha value is -16.8. The maximum absolute atomic E-state index is 5.43. The predicted molar refractivity (Wildman–Crippen MR) is 503 cm³/mol. The molecular formula is C111H70N12. The normalized spacial score (nSPS) is 11.7. The first-order valence-corrected chi connectivity index (χ1v) is 41.4. The molecule has 15 aromatic carbocycles. The first-order chi connectivity index (χ1) is 61.0. The molecule has 0 saturated heterocycles. The number of hydrogen-bond donors (Lipinski definition) is 0. The van der Waals surface area contributed by atoms with Crippen molar-refractivity contribution in [3.8, 4) is 124 Å². The van der Waals surface area contributed by atoms with E-state index in [1.807, 2.05) is 94.6 Å². The summed E-state index contributed by atoms with van der Waals surface area (Å²) in [5.74, 6) is 2.23. The van der Waals surface area contributed by atoms with Crippen molar-refractivity contribution in [1.82, 2.24) is 57.2 Å². The molecule has 123 heavy (non-hydrogen) atoms. The van der Waals surface area contributed by atoms with Crippen molar-refractivity contribution in [3.63, 3.8) is 0 Å². The van der Waals surface area contributed by atoms with Crippen LogP contribution in [0, 0.1) is 0 Å². The van der Waals surface area contributed by atoms with Gasteiger partial charge in [0, 0.05) is 133 Å². The standard InChI is InChI=1S/C57H36N6.C54H34N6/c1-3-14-40(15-4-1)52-54-53-45-20-9-7-18-43(45)47(37-23-25-38(26-24-37)50-36-62-33-13-31-58-57(62)60-50)34-48(53)44-19-8-10-21-46(44)56(54)63(55(52)41-16-5-2-6-17-41)42-29-27-39(28-30-42)49-35-61-32-12-11-22-51(61)59-49;1-3-13-38(14-4-1)49-51-50-42-19-9-7-17-40(42)44(35-23-25-36(26-24-35)47-34-59-32-12-29-56-54(59)58-47)33-45(50)41-18-8-10-20-43(41)53(51)60(52(49)39-15-5-2-6-16-39)48-22-11-21-46(57-48)37-27-30-55-31-28-37/h1-36H;1-34H. The lowest BCUT2D eigenvalue weighted by atomic mass is 9.87. The second-order valence-electron chi connectivity index (χ2n) is 31.2. The zero-order valence-electron chi connectivity index (χ0n) is 66.3. The maximum Gasteiger partial charge on any atom is 0.234 e. The molecule has 25 rings (SSSR count). The van der Waals surface area contributed by atoms with E-state index >= 15 is 0 Å². The van der Waals surface area contributed by atoms with Crippen molar-refractivity contribution in [2.75, 3.05) is 0 Å². The van der Waals surface area contributed by atoms with Crippen LogP contribution in [0.2, 0.25) is 0 Å². The summed E-state index contributed by atoms with van der Waals surface area (Å²) < 4.78 is 10.9. The van der Waals surface area contributed by atoms with Crippen molar-refractivity contribution in [3.05, 3.63) is 426 Å². The van der Waals surface area contributed by atoms with Crippen LogP contribution in [0.3, 0.4) is 0 Å². The van der Waals surface area contributed by atoms with Crippen molar-refractivity contribution in [1.29, 1.82) is 0 Å². The van der Waals surface area contributed by atoms with Crippen LogP contribution in [0.25, 0.3) is 227 Å². The van der Waals surface area contributed by atoms with E-state index in [2.05, 4.69) is 356 Å². The van der Waals surface area contributed by atoms with Crippen LogP contribution in [0.4, 0.5) is 0 Å². The lowest BCUT2D eigenvalue weighted by molar-refractivity contribution is 1.06. The van der Waals surface area contributed by atoms with E-state index in [9.17, 15) is 0 Å². The third-order valence-electron chi connectivity index (χ3n) is 24.3. The van der Waals surface area contributed by atoms with E-state index in [0.29, 0.717) is 11.6 Å². The molecule has 0 aliphatic rings. The average molecular weight is 1570 g/mol. The Bertz CT molecular complexity index is 8350. The van der Waals surface area contributed by atoms with Gasteiger partial charge in [-0.25, -0.2) is 29.9 Å². The van der Waals surface area contributed by atoms with Gasteiger partial charge in [-0.15, -0.1) is 0 Å². The molecule has 0 atom stereocenters. The minimum absolute atomic E-state index is 0.687. The summed E-state index contributed by atoms with van der Waals surface area (Å²) in [7, 11) is 0. The van der Waals surface area contributed by atoms with Gasteiger partial charge in [-0.1, -0.05) is 291 Å². The molecule has 0 amide bonds. The van der Waals surface area contributed by atoms with Crippen LogP contribution < -0.4 is 0 Å². The molecule has 0 aliphatic heterocycles. The fraction of sp³-hybridized carbons (Fsp3) is 0. The molecule has 0 fully saturated rings. The van der Waals surface area contributed by atoms with Crippen LogP contribution >= 0.6 is 0 Å². The van der Waals surface area contributed by atoms with Crippen molar-refractivity contribution in [2.24, 2.45) is 0 Å². The number of hydrogen-bond acceptors (Lipinski definition) is 7. The second-order valence-corrected chi connectivity index (χ2v) is 31.2. The van der Waals surface area contributed by atoms with Gasteiger partial charge in [-0.2, -0.15) is 0 Å². The van der Waals surface area contributed by atoms with E-state index in [-0.39, 0.29) is 0 Å². The smallest absolute Gasteiger partial charge is 0.234 e. The van der Waals surface area contributed by atoms with Gasteiger partial charge in [0.15, 0.2) is 0 Å². The Morgan fingerprint density at radius 2 is 0.610 bits per heavy atom. The highest BCUT2D eigenvalue weighted by molar-refractivity contribution is 6.38. The van der Waals surface area contributed by atoms with Crippen LogP contribution in [0.5, 0.6) is 0 Å². The van der Waals surface area contributed by atoms with Crippen molar-refractivity contribution >= 4 is 104 Å². The molecule has 0 radical (unpaired) electrons. The average Bonchev–Trinajstić information content (AvgIpc) is 1.56. The number of nitrogens with zero attached hydrogens (tertiary/aromatic N) is 12. The van der Waals surface area contributed by atoms with Gasteiger partial charge in [-0.05, 0) is 160 Å². The first-order valence-electron chi connectivity index (χ1n) is 41.4. The zero-order chi connectivity index (χ0) is 81.0. The Balaban J connectivity index is 0.000000139. The molecule has 12 nitrogen and oxygen atoms in total. The Labute approximate surface area is 705 Å². The van der Waals surface area contributed by atoms with Gasteiger partial charge in [0.25, 0.3) is 0 Å². The van der Waals surface area contributed by atoms with Crippen LogP contribution in [-0.4, -0.2) is 57.2 Å². The topological polar surface area (TPSA) is 113 Å². The van der Waals surface area contributed by atoms with Gasteiger partial charge in [0.2, 0.25) is 11.6 Å². The van der Waals surface area contributed by atoms with Gasteiger partial charge in [-0.3, -0.25) is 18.4 Å². The maximum atomic E-state index is 5.43. The SMILES string of the molecule is c1ccc(-c2c(-c3ccccc3)n(-c3ccc(-c4cn5ccccc5n4)cc3)c3c4ccccc4c4cc(-c5ccc(-c6cn7cccnc7n6)cc5)c5ccccc5c4c23)cc1.c1ccc(-c2c(-c3ccccc3)n(-c3cccc(-c4ccncc4)n3)c3c4ccccc4c4cc(-c5ccc(-c6cn7cccnc7n6)cc5)c5ccccc5c4c23)cc1. The summed E-state index contributed by atoms with van der Waals surface area (Å²) in [5, 5.41) is 16.9. The Kier molecular flexibility index (Phi) is 16.6. The second kappa shape index (κ2) is 29.1. The largest absolute Gasteiger partial charge is 0.308 e. The molecule has 0 N–H and O–H groups in total. The van der Waals surface area contributed by atoms with Crippen LogP contribution in [-0.2, 0) is 0 Å². The van der Waals surface area contributed by atoms with Gasteiger partial charge in [0.1, 0.15) is 11.5 Å². The molecule has 10 aromatic heterocycles. The quantitative estimate of drug-likeness (QED) is 0.112. The van der Waals surface area contributed by atoms with Gasteiger partial charge >= 0.3 is 0 Å². The molecule has 0 bridgehead atoms.